The molecule has 0 heterocycles. The highest BCUT2D eigenvalue weighted by molar-refractivity contribution is 6.60. The predicted octanol–water partition coefficient (Wildman–Crippen LogP) is 2.58. The van der Waals surface area contributed by atoms with Crippen molar-refractivity contribution < 1.29 is 22.8 Å². The zero-order valence-corrected chi connectivity index (χ0v) is 14.4. The molecule has 0 spiro atoms. The Morgan fingerprint density at radius 1 is 1.00 bits per heavy atom. The summed E-state index contributed by atoms with van der Waals surface area (Å²) < 4.78 is 20.4. The molecule has 0 aliphatic carbocycles. The van der Waals surface area contributed by atoms with Gasteiger partial charge in [0, 0.05) is 21.3 Å². The van der Waals surface area contributed by atoms with Gasteiger partial charge in [-0.25, -0.2) is 0 Å². The van der Waals surface area contributed by atoms with Crippen LogP contribution in [0.1, 0.15) is 34.6 Å². The topological polar surface area (TPSA) is 54.0 Å². The van der Waals surface area contributed by atoms with E-state index in [1.165, 1.54) is 21.3 Å². The van der Waals surface area contributed by atoms with Crippen molar-refractivity contribution >= 4 is 14.8 Å². The fraction of sp³-hybridized carbons (Fsp3) is 0.769. The van der Waals surface area contributed by atoms with Crippen LogP contribution in [0, 0.1) is 5.41 Å². The van der Waals surface area contributed by atoms with Gasteiger partial charge in [-0.05, 0) is 34.6 Å². The number of carbonyl (C=O) groups is 1. The Morgan fingerprint density at radius 3 is 1.58 bits per heavy atom. The zero-order valence-electron chi connectivity index (χ0n) is 13.4. The van der Waals surface area contributed by atoms with E-state index in [9.17, 15) is 4.79 Å². The fourth-order valence-electron chi connectivity index (χ4n) is 0.797. The van der Waals surface area contributed by atoms with Crippen LogP contribution < -0.4 is 0 Å². The van der Waals surface area contributed by atoms with E-state index in [2.05, 4.69) is 0 Å². The molecule has 6 heteroatoms. The van der Waals surface area contributed by atoms with Gasteiger partial charge in [0.2, 0.25) is 0 Å². The van der Waals surface area contributed by atoms with Crippen molar-refractivity contribution in [3.8, 4) is 0 Å². The van der Waals surface area contributed by atoms with Crippen molar-refractivity contribution in [2.24, 2.45) is 5.41 Å². The van der Waals surface area contributed by atoms with Gasteiger partial charge >= 0.3 is 14.8 Å². The standard InChI is InChI=1S/C9H20O5Si.C4H8/c1-9(2,3)8(10)14-7-15(11-4,12-5)13-6;1-3-4-2/h7H2,1-6H3;3-4H,1-2H3. The van der Waals surface area contributed by atoms with E-state index in [1.54, 1.807) is 20.8 Å². The maximum atomic E-state index is 11.5. The van der Waals surface area contributed by atoms with Crippen LogP contribution in [0.25, 0.3) is 0 Å². The van der Waals surface area contributed by atoms with Gasteiger partial charge in [0.1, 0.15) is 0 Å². The molecule has 0 saturated heterocycles. The number of ether oxygens (including phenoxy) is 1. The van der Waals surface area contributed by atoms with E-state index < -0.39 is 14.2 Å². The van der Waals surface area contributed by atoms with Crippen LogP contribution in [0.2, 0.25) is 0 Å². The van der Waals surface area contributed by atoms with Crippen LogP contribution in [-0.2, 0) is 22.8 Å². The minimum Gasteiger partial charge on any atom is -0.461 e. The Morgan fingerprint density at radius 2 is 1.37 bits per heavy atom. The molecule has 0 aromatic carbocycles. The number of allylic oxidation sites excluding steroid dienone is 2. The first-order chi connectivity index (χ1) is 8.72. The maximum Gasteiger partial charge on any atom is 0.539 e. The molecule has 0 aromatic heterocycles. The summed E-state index contributed by atoms with van der Waals surface area (Å²) in [5, 5.41) is 0. The molecule has 0 bridgehead atoms. The molecular weight excluding hydrogens is 264 g/mol. The van der Waals surface area contributed by atoms with Crippen LogP contribution in [0.5, 0.6) is 0 Å². The van der Waals surface area contributed by atoms with Gasteiger partial charge < -0.3 is 18.0 Å². The molecule has 0 atom stereocenters. The summed E-state index contributed by atoms with van der Waals surface area (Å²) in [5.74, 6) is -0.300. The lowest BCUT2D eigenvalue weighted by molar-refractivity contribution is -0.152. The second kappa shape index (κ2) is 10.1. The van der Waals surface area contributed by atoms with E-state index >= 15 is 0 Å². The van der Waals surface area contributed by atoms with Crippen LogP contribution in [0.15, 0.2) is 12.2 Å². The highest BCUT2D eigenvalue weighted by Gasteiger charge is 2.41. The average Bonchev–Trinajstić information content (AvgIpc) is 2.40. The summed E-state index contributed by atoms with van der Waals surface area (Å²) in [6.45, 7) is 9.35. The van der Waals surface area contributed by atoms with Crippen LogP contribution in [0.4, 0.5) is 0 Å². The first-order valence-electron chi connectivity index (χ1n) is 6.13. The van der Waals surface area contributed by atoms with Crippen molar-refractivity contribution in [2.45, 2.75) is 34.6 Å². The monoisotopic (exact) mass is 292 g/mol. The molecule has 19 heavy (non-hydrogen) atoms. The molecule has 114 valence electrons. The highest BCUT2D eigenvalue weighted by atomic mass is 28.4. The van der Waals surface area contributed by atoms with Gasteiger partial charge in [-0.2, -0.15) is 0 Å². The third kappa shape index (κ3) is 8.93. The smallest absolute Gasteiger partial charge is 0.461 e. The van der Waals surface area contributed by atoms with Crippen molar-refractivity contribution in [1.29, 1.82) is 0 Å². The van der Waals surface area contributed by atoms with Gasteiger partial charge in [0.05, 0.1) is 5.41 Å². The molecule has 0 aromatic rings. The summed E-state index contributed by atoms with van der Waals surface area (Å²) in [5.41, 5.74) is -0.532. The van der Waals surface area contributed by atoms with Gasteiger partial charge in [-0.15, -0.1) is 0 Å². The normalized spacial score (nSPS) is 12.0. The molecule has 0 aliphatic rings. The third-order valence-corrected chi connectivity index (χ3v) is 4.62. The lowest BCUT2D eigenvalue weighted by atomic mass is 9.98. The summed E-state index contributed by atoms with van der Waals surface area (Å²) in [7, 11) is 1.63. The van der Waals surface area contributed by atoms with Crippen LogP contribution in [-0.4, -0.2) is 42.3 Å². The second-order valence-corrected chi connectivity index (χ2v) is 7.67. The Kier molecular flexibility index (Phi) is 11.0. The Bertz CT molecular complexity index is 254. The number of carbonyl (C=O) groups excluding carboxylic acids is 1. The van der Waals surface area contributed by atoms with Gasteiger partial charge in [-0.1, -0.05) is 12.2 Å². The molecule has 0 rings (SSSR count). The SMILES string of the molecule is CC=CC.CO[Si](COC(=O)C(C)(C)C)(OC)OC. The molecule has 0 fully saturated rings. The number of rotatable bonds is 5. The lowest BCUT2D eigenvalue weighted by Crippen LogP contribution is -2.49. The number of hydrogen-bond acceptors (Lipinski definition) is 5. The maximum absolute atomic E-state index is 11.5. The van der Waals surface area contributed by atoms with Gasteiger partial charge in [0.25, 0.3) is 0 Å². The highest BCUT2D eigenvalue weighted by Crippen LogP contribution is 2.16. The first kappa shape index (κ1) is 20.6. The summed E-state index contributed by atoms with van der Waals surface area (Å²) >= 11 is 0. The summed E-state index contributed by atoms with van der Waals surface area (Å²) in [6, 6.07) is 0. The predicted molar refractivity (Wildman–Crippen MR) is 77.7 cm³/mol. The fourth-order valence-corrected chi connectivity index (χ4v) is 1.96. The van der Waals surface area contributed by atoms with Gasteiger partial charge in [-0.3, -0.25) is 4.79 Å². The molecular formula is C13H28O5Si. The second-order valence-electron chi connectivity index (χ2n) is 4.79. The van der Waals surface area contributed by atoms with Crippen molar-refractivity contribution in [1.82, 2.24) is 0 Å². The summed E-state index contributed by atoms with van der Waals surface area (Å²) in [4.78, 5) is 11.5. The van der Waals surface area contributed by atoms with Crippen LogP contribution >= 0.6 is 0 Å². The van der Waals surface area contributed by atoms with E-state index in [0.717, 1.165) is 0 Å². The van der Waals surface area contributed by atoms with E-state index in [0.29, 0.717) is 0 Å². The summed E-state index contributed by atoms with van der Waals surface area (Å²) in [6.07, 6.45) is 4.03. The molecule has 0 N–H and O–H groups in total. The third-order valence-electron chi connectivity index (χ3n) is 2.26. The van der Waals surface area contributed by atoms with Crippen LogP contribution in [0.3, 0.4) is 0 Å². The van der Waals surface area contributed by atoms with Crippen molar-refractivity contribution in [2.75, 3.05) is 27.6 Å². The Balaban J connectivity index is 0. The molecule has 0 unspecified atom stereocenters. The van der Waals surface area contributed by atoms with Crippen molar-refractivity contribution in [3.63, 3.8) is 0 Å². The average molecular weight is 292 g/mol. The van der Waals surface area contributed by atoms with Gasteiger partial charge in [0.15, 0.2) is 6.23 Å². The molecule has 0 aliphatic heterocycles. The molecule has 5 nitrogen and oxygen atoms in total. The Hall–Kier alpha value is -0.693. The van der Waals surface area contributed by atoms with E-state index in [-0.39, 0.29) is 12.2 Å². The molecule has 0 saturated carbocycles. The van der Waals surface area contributed by atoms with Crippen molar-refractivity contribution in [3.05, 3.63) is 12.2 Å². The minimum atomic E-state index is -2.80. The largest absolute Gasteiger partial charge is 0.539 e. The quantitative estimate of drug-likeness (QED) is 0.443. The molecule has 0 amide bonds. The number of hydrogen-bond donors (Lipinski definition) is 0. The number of esters is 1. The lowest BCUT2D eigenvalue weighted by Gasteiger charge is -2.25. The molecule has 0 radical (unpaired) electrons. The Labute approximate surface area is 118 Å². The van der Waals surface area contributed by atoms with E-state index in [1.807, 2.05) is 26.0 Å². The van der Waals surface area contributed by atoms with E-state index in [4.69, 9.17) is 18.0 Å². The minimum absolute atomic E-state index is 0.0343. The zero-order chi connectivity index (χ0) is 15.5. The first-order valence-corrected chi connectivity index (χ1v) is 8.06.